The van der Waals surface area contributed by atoms with Gasteiger partial charge in [-0.3, -0.25) is 0 Å². The van der Waals surface area contributed by atoms with Gasteiger partial charge in [0, 0.05) is 48.9 Å². The molecule has 1 aliphatic carbocycles. The van der Waals surface area contributed by atoms with Crippen molar-refractivity contribution in [3.05, 3.63) is 65.7 Å². The van der Waals surface area contributed by atoms with Crippen LogP contribution in [0.5, 0.6) is 0 Å². The Morgan fingerprint density at radius 3 is 2.66 bits per heavy atom. The van der Waals surface area contributed by atoms with Crippen molar-refractivity contribution in [2.45, 2.75) is 51.3 Å². The van der Waals surface area contributed by atoms with Crippen LogP contribution < -0.4 is 5.32 Å². The number of aromatic nitrogens is 3. The maximum absolute atomic E-state index is 14.0. The summed E-state index contributed by atoms with van der Waals surface area (Å²) in [5.41, 5.74) is 2.99. The third-order valence-corrected chi connectivity index (χ3v) is 7.46. The molecule has 182 valence electrons. The number of ether oxygens (including phenoxy) is 1. The molecule has 1 atom stereocenters. The first-order chi connectivity index (χ1) is 16.8. The predicted molar refractivity (Wildman–Crippen MR) is 126 cm³/mol. The number of likely N-dealkylation sites (tertiary alicyclic amines) is 1. The Hall–Kier alpha value is -3.49. The van der Waals surface area contributed by atoms with E-state index < -0.39 is 5.92 Å². The second-order valence-electron chi connectivity index (χ2n) is 9.91. The van der Waals surface area contributed by atoms with E-state index in [1.807, 2.05) is 49.4 Å². The van der Waals surface area contributed by atoms with Crippen LogP contribution in [0.4, 0.5) is 19.4 Å². The minimum Gasteiger partial charge on any atom is -0.445 e. The van der Waals surface area contributed by atoms with Gasteiger partial charge in [-0.15, -0.1) is 0 Å². The zero-order chi connectivity index (χ0) is 24.2. The molecule has 2 aromatic heterocycles. The number of carbonyl (C=O) groups excluding carboxylic acids is 1. The van der Waals surface area contributed by atoms with Gasteiger partial charge in [0.2, 0.25) is 0 Å². The largest absolute Gasteiger partial charge is 0.445 e. The number of halogens is 2. The van der Waals surface area contributed by atoms with Crippen LogP contribution >= 0.6 is 0 Å². The van der Waals surface area contributed by atoms with Crippen molar-refractivity contribution in [2.24, 2.45) is 5.41 Å². The summed E-state index contributed by atoms with van der Waals surface area (Å²) in [6.07, 6.45) is 3.29. The number of pyridine rings is 1. The molecule has 7 nitrogen and oxygen atoms in total. The van der Waals surface area contributed by atoms with Crippen molar-refractivity contribution in [3.8, 4) is 11.3 Å². The number of hydrogen-bond acceptors (Lipinski definition) is 5. The molecule has 1 saturated heterocycles. The lowest BCUT2D eigenvalue weighted by molar-refractivity contribution is -0.00617. The Morgan fingerprint density at radius 1 is 1.14 bits per heavy atom. The average Bonchev–Trinajstić information content (AvgIpc) is 3.21. The van der Waals surface area contributed by atoms with Gasteiger partial charge in [-0.2, -0.15) is 8.78 Å². The van der Waals surface area contributed by atoms with Gasteiger partial charge in [-0.25, -0.2) is 14.8 Å². The lowest BCUT2D eigenvalue weighted by Gasteiger charge is -2.19. The summed E-state index contributed by atoms with van der Waals surface area (Å²) in [7, 11) is 0. The molecular formula is C26H27F2N5O2. The third kappa shape index (κ3) is 4.02. The molecule has 0 bridgehead atoms. The molecule has 1 spiro atoms. The van der Waals surface area contributed by atoms with Gasteiger partial charge in [0.1, 0.15) is 12.4 Å². The molecule has 9 heteroatoms. The predicted octanol–water partition coefficient (Wildman–Crippen LogP) is 4.96. The Morgan fingerprint density at radius 2 is 1.94 bits per heavy atom. The molecule has 3 aromatic rings. The fourth-order valence-corrected chi connectivity index (χ4v) is 5.26. The molecule has 1 aromatic carbocycles. The first kappa shape index (κ1) is 22.0. The van der Waals surface area contributed by atoms with E-state index in [1.54, 1.807) is 11.1 Å². The van der Waals surface area contributed by atoms with E-state index in [1.165, 1.54) is 4.57 Å². The Bertz CT molecular complexity index is 1270. The van der Waals surface area contributed by atoms with Crippen molar-refractivity contribution in [1.82, 2.24) is 19.4 Å². The molecule has 1 amide bonds. The highest BCUT2D eigenvalue weighted by Gasteiger charge is 2.56. The number of anilines is 1. The van der Waals surface area contributed by atoms with E-state index in [4.69, 9.17) is 4.74 Å². The average molecular weight is 480 g/mol. The van der Waals surface area contributed by atoms with Gasteiger partial charge >= 0.3 is 12.0 Å². The van der Waals surface area contributed by atoms with Gasteiger partial charge in [-0.05, 0) is 37.5 Å². The Balaban J connectivity index is 1.13. The van der Waals surface area contributed by atoms with E-state index >= 15 is 0 Å². The van der Waals surface area contributed by atoms with Crippen LogP contribution in [-0.2, 0) is 23.8 Å². The van der Waals surface area contributed by atoms with Crippen LogP contribution in [0.15, 0.2) is 48.7 Å². The molecule has 0 unspecified atom stereocenters. The number of amides is 1. The highest BCUT2D eigenvalue weighted by atomic mass is 19.3. The van der Waals surface area contributed by atoms with E-state index in [2.05, 4.69) is 15.3 Å². The minimum atomic E-state index is -2.88. The lowest BCUT2D eigenvalue weighted by atomic mass is 10.0. The molecule has 2 aliphatic heterocycles. The van der Waals surface area contributed by atoms with E-state index in [0.717, 1.165) is 29.7 Å². The molecule has 35 heavy (non-hydrogen) atoms. The summed E-state index contributed by atoms with van der Waals surface area (Å²) >= 11 is 0. The van der Waals surface area contributed by atoms with Crippen LogP contribution in [0, 0.1) is 12.3 Å². The van der Waals surface area contributed by atoms with E-state index in [-0.39, 0.29) is 42.9 Å². The molecule has 4 heterocycles. The molecule has 1 saturated carbocycles. The summed E-state index contributed by atoms with van der Waals surface area (Å²) in [5.74, 6) is -2.34. The van der Waals surface area contributed by atoms with Crippen molar-refractivity contribution >= 4 is 11.9 Å². The zero-order valence-corrected chi connectivity index (χ0v) is 19.5. The second kappa shape index (κ2) is 8.03. The third-order valence-electron chi connectivity index (χ3n) is 7.46. The van der Waals surface area contributed by atoms with Gasteiger partial charge in [-0.1, -0.05) is 30.3 Å². The number of nitrogens with zero attached hydrogens (tertiary/aromatic N) is 4. The van der Waals surface area contributed by atoms with Crippen LogP contribution in [0.25, 0.3) is 11.3 Å². The smallest absolute Gasteiger partial charge is 0.410 e. The number of aryl methyl sites for hydroxylation is 2. The number of imidazole rings is 1. The monoisotopic (exact) mass is 479 g/mol. The summed E-state index contributed by atoms with van der Waals surface area (Å²) in [5, 5.41) is 3.52. The maximum atomic E-state index is 14.0. The quantitative estimate of drug-likeness (QED) is 0.560. The van der Waals surface area contributed by atoms with Crippen molar-refractivity contribution in [2.75, 3.05) is 18.4 Å². The summed E-state index contributed by atoms with van der Waals surface area (Å²) < 4.78 is 35.1. The maximum Gasteiger partial charge on any atom is 0.410 e. The summed E-state index contributed by atoms with van der Waals surface area (Å²) in [6, 6.07) is 13.5. The number of nitrogens with one attached hydrogen (secondary N) is 1. The Labute approximate surface area is 202 Å². The van der Waals surface area contributed by atoms with Gasteiger partial charge in [0.25, 0.3) is 0 Å². The standard InChI is InChI=1S/C26H27F2N5O2/c1-17-19(20-13-32-12-11-26(27,28)23(32)30-20)7-8-22(29-17)31-21-14-33(16-25(21)9-10-25)24(34)35-15-18-5-3-2-4-6-18/h2-8,13,21H,9-12,14-16H2,1H3,(H,29,31)/t21-/m1/s1. The highest BCUT2D eigenvalue weighted by molar-refractivity contribution is 5.69. The van der Waals surface area contributed by atoms with Gasteiger partial charge in [0.15, 0.2) is 5.82 Å². The molecule has 0 radical (unpaired) electrons. The van der Waals surface area contributed by atoms with Crippen LogP contribution in [0.1, 0.15) is 36.3 Å². The molecule has 1 N–H and O–H groups in total. The number of rotatable bonds is 5. The molecule has 6 rings (SSSR count). The van der Waals surface area contributed by atoms with Gasteiger partial charge < -0.3 is 19.5 Å². The minimum absolute atomic E-state index is 0.0519. The van der Waals surface area contributed by atoms with E-state index in [9.17, 15) is 13.6 Å². The lowest BCUT2D eigenvalue weighted by Crippen LogP contribution is -2.32. The first-order valence-electron chi connectivity index (χ1n) is 12.0. The first-order valence-corrected chi connectivity index (χ1v) is 12.0. The molecule has 2 fully saturated rings. The number of carbonyl (C=O) groups is 1. The van der Waals surface area contributed by atoms with Crippen molar-refractivity contribution < 1.29 is 18.3 Å². The second-order valence-corrected chi connectivity index (χ2v) is 9.91. The van der Waals surface area contributed by atoms with Crippen molar-refractivity contribution in [1.29, 1.82) is 0 Å². The number of fused-ring (bicyclic) bond motifs is 1. The topological polar surface area (TPSA) is 72.3 Å². The van der Waals surface area contributed by atoms with Crippen LogP contribution in [0.2, 0.25) is 0 Å². The van der Waals surface area contributed by atoms with Crippen LogP contribution in [0.3, 0.4) is 0 Å². The number of alkyl halides is 2. The normalized spacial score (nSPS) is 21.2. The molecular weight excluding hydrogens is 452 g/mol. The number of hydrogen-bond donors (Lipinski definition) is 1. The van der Waals surface area contributed by atoms with Crippen LogP contribution in [-0.4, -0.2) is 44.7 Å². The fraction of sp³-hybridized carbons (Fsp3) is 0.423. The summed E-state index contributed by atoms with van der Waals surface area (Å²) in [4.78, 5) is 23.4. The highest BCUT2D eigenvalue weighted by Crippen LogP contribution is 2.53. The fourth-order valence-electron chi connectivity index (χ4n) is 5.26. The zero-order valence-electron chi connectivity index (χ0n) is 19.5. The summed E-state index contributed by atoms with van der Waals surface area (Å²) in [6.45, 7) is 3.61. The van der Waals surface area contributed by atoms with E-state index in [0.29, 0.717) is 24.6 Å². The Kier molecular flexibility index (Phi) is 5.05. The number of benzene rings is 1. The van der Waals surface area contributed by atoms with Crippen molar-refractivity contribution in [3.63, 3.8) is 0 Å². The van der Waals surface area contributed by atoms with Gasteiger partial charge in [0.05, 0.1) is 11.7 Å². The molecule has 3 aliphatic rings. The SMILES string of the molecule is Cc1nc(N[C@@H]2CN(C(=O)OCc3ccccc3)CC23CC3)ccc1-c1cn2c(n1)C(F)(F)CC2.